The molecule has 2 N–H and O–H groups in total. The van der Waals surface area contributed by atoms with Crippen molar-refractivity contribution >= 4 is 11.6 Å². The summed E-state index contributed by atoms with van der Waals surface area (Å²) in [7, 11) is 0. The van der Waals surface area contributed by atoms with E-state index in [9.17, 15) is 0 Å². The molecule has 0 aliphatic carbocycles. The predicted octanol–water partition coefficient (Wildman–Crippen LogP) is 2.73. The van der Waals surface area contributed by atoms with Gasteiger partial charge in [0.15, 0.2) is 0 Å². The fraction of sp³-hybridized carbons (Fsp3) is 0.231. The van der Waals surface area contributed by atoms with Crippen LogP contribution < -0.4 is 10.5 Å². The summed E-state index contributed by atoms with van der Waals surface area (Å²) in [5, 5.41) is 0.550. The Morgan fingerprint density at radius 2 is 2.22 bits per heavy atom. The van der Waals surface area contributed by atoms with Crippen molar-refractivity contribution in [1.29, 1.82) is 0 Å². The summed E-state index contributed by atoms with van der Waals surface area (Å²) in [5.74, 6) is 0.618. The smallest absolute Gasteiger partial charge is 0.139 e. The second-order valence-corrected chi connectivity index (χ2v) is 4.27. The van der Waals surface area contributed by atoms with Crippen molar-refractivity contribution in [2.45, 2.75) is 19.6 Å². The second kappa shape index (κ2) is 5.80. The molecule has 2 aromatic rings. The number of halogens is 1. The first-order chi connectivity index (χ1) is 8.70. The lowest BCUT2D eigenvalue weighted by Crippen LogP contribution is -2.06. The number of rotatable bonds is 4. The summed E-state index contributed by atoms with van der Waals surface area (Å²) < 4.78 is 5.76. The molecule has 0 fully saturated rings. The lowest BCUT2D eigenvalue weighted by molar-refractivity contribution is 0.221. The highest BCUT2D eigenvalue weighted by molar-refractivity contribution is 6.32. The zero-order valence-electron chi connectivity index (χ0n) is 10.0. The lowest BCUT2D eigenvalue weighted by Gasteiger charge is -2.15. The number of nitrogens with two attached hydrogens (primary N) is 1. The molecule has 0 spiro atoms. The Morgan fingerprint density at radius 3 is 2.83 bits per heavy atom. The van der Waals surface area contributed by atoms with Crippen molar-refractivity contribution in [1.82, 2.24) is 9.97 Å². The van der Waals surface area contributed by atoms with Gasteiger partial charge in [-0.15, -0.1) is 0 Å². The average Bonchev–Trinajstić information content (AvgIpc) is 2.42. The molecule has 4 nitrogen and oxygen atoms in total. The third kappa shape index (κ3) is 2.97. The number of ether oxygens (including phenoxy) is 1. The molecule has 94 valence electrons. The molecule has 0 aliphatic rings. The van der Waals surface area contributed by atoms with E-state index in [0.717, 1.165) is 11.3 Å². The fourth-order valence-corrected chi connectivity index (χ4v) is 1.79. The van der Waals surface area contributed by atoms with Crippen LogP contribution in [0.25, 0.3) is 0 Å². The van der Waals surface area contributed by atoms with Gasteiger partial charge >= 0.3 is 0 Å². The Balaban J connectivity index is 2.14. The molecule has 1 atom stereocenters. The van der Waals surface area contributed by atoms with Crippen molar-refractivity contribution < 1.29 is 4.74 Å². The minimum atomic E-state index is -0.208. The third-order valence-corrected chi connectivity index (χ3v) is 2.83. The van der Waals surface area contributed by atoms with E-state index in [1.165, 1.54) is 0 Å². The summed E-state index contributed by atoms with van der Waals surface area (Å²) >= 11 is 6.12. The minimum Gasteiger partial charge on any atom is -0.483 e. The quantitative estimate of drug-likeness (QED) is 0.921. The maximum atomic E-state index is 6.12. The third-order valence-electron chi connectivity index (χ3n) is 2.54. The highest BCUT2D eigenvalue weighted by Crippen LogP contribution is 2.29. The summed E-state index contributed by atoms with van der Waals surface area (Å²) in [4.78, 5) is 8.19. The van der Waals surface area contributed by atoms with E-state index >= 15 is 0 Å². The van der Waals surface area contributed by atoms with Gasteiger partial charge in [0, 0.05) is 18.9 Å². The topological polar surface area (TPSA) is 61.0 Å². The van der Waals surface area contributed by atoms with Crippen LogP contribution in [-0.2, 0) is 6.54 Å². The van der Waals surface area contributed by atoms with Crippen LogP contribution in [0.4, 0.5) is 0 Å². The Bertz CT molecular complexity index is 519. The molecule has 18 heavy (non-hydrogen) atoms. The molecule has 1 aromatic heterocycles. The van der Waals surface area contributed by atoms with Crippen molar-refractivity contribution in [3.63, 3.8) is 0 Å². The van der Waals surface area contributed by atoms with Crippen molar-refractivity contribution in [2.75, 3.05) is 0 Å². The Kier molecular flexibility index (Phi) is 4.12. The van der Waals surface area contributed by atoms with Crippen LogP contribution in [0.15, 0.2) is 36.8 Å². The van der Waals surface area contributed by atoms with E-state index in [2.05, 4.69) is 9.97 Å². The first-order valence-corrected chi connectivity index (χ1v) is 5.99. The van der Waals surface area contributed by atoms with Gasteiger partial charge in [0.25, 0.3) is 0 Å². The lowest BCUT2D eigenvalue weighted by atomic mass is 10.2. The van der Waals surface area contributed by atoms with Crippen LogP contribution in [-0.4, -0.2) is 9.97 Å². The average molecular weight is 264 g/mol. The van der Waals surface area contributed by atoms with E-state index in [-0.39, 0.29) is 6.10 Å². The molecule has 1 unspecified atom stereocenters. The molecule has 0 bridgehead atoms. The van der Waals surface area contributed by atoms with Gasteiger partial charge in [-0.05, 0) is 24.6 Å². The van der Waals surface area contributed by atoms with Gasteiger partial charge in [-0.1, -0.05) is 17.7 Å². The molecule has 1 aromatic carbocycles. The highest BCUT2D eigenvalue weighted by Gasteiger charge is 2.11. The Hall–Kier alpha value is -1.65. The van der Waals surface area contributed by atoms with Gasteiger partial charge in [0.1, 0.15) is 11.9 Å². The van der Waals surface area contributed by atoms with E-state index in [1.807, 2.05) is 19.1 Å². The van der Waals surface area contributed by atoms with Crippen LogP contribution in [0.5, 0.6) is 5.75 Å². The maximum absolute atomic E-state index is 6.12. The molecule has 0 amide bonds. The molecule has 5 heteroatoms. The first kappa shape index (κ1) is 12.8. The highest BCUT2D eigenvalue weighted by atomic mass is 35.5. The van der Waals surface area contributed by atoms with Crippen LogP contribution in [0.2, 0.25) is 5.02 Å². The van der Waals surface area contributed by atoms with Gasteiger partial charge in [-0.2, -0.15) is 0 Å². The number of hydrogen-bond donors (Lipinski definition) is 1. The predicted molar refractivity (Wildman–Crippen MR) is 70.4 cm³/mol. The van der Waals surface area contributed by atoms with Gasteiger partial charge in [-0.3, -0.25) is 9.97 Å². The van der Waals surface area contributed by atoms with Crippen LogP contribution >= 0.6 is 11.6 Å². The Labute approximate surface area is 111 Å². The van der Waals surface area contributed by atoms with E-state index in [4.69, 9.17) is 22.1 Å². The van der Waals surface area contributed by atoms with Gasteiger partial charge in [0.2, 0.25) is 0 Å². The first-order valence-electron chi connectivity index (χ1n) is 5.61. The van der Waals surface area contributed by atoms with Crippen LogP contribution in [0.1, 0.15) is 24.3 Å². The summed E-state index contributed by atoms with van der Waals surface area (Å²) in [5.41, 5.74) is 7.28. The second-order valence-electron chi connectivity index (χ2n) is 3.86. The van der Waals surface area contributed by atoms with Gasteiger partial charge < -0.3 is 10.5 Å². The summed E-state index contributed by atoms with van der Waals surface area (Å²) in [6.07, 6.45) is 4.72. The number of aromatic nitrogens is 2. The normalized spacial score (nSPS) is 12.2. The maximum Gasteiger partial charge on any atom is 0.139 e. The standard InChI is InChI=1S/C13H14ClN3O/c1-9(12-8-16-4-5-17-12)18-13-3-2-10(7-15)6-11(13)14/h2-6,8-9H,7,15H2,1H3. The number of benzene rings is 1. The van der Waals surface area contributed by atoms with E-state index in [1.54, 1.807) is 24.7 Å². The molecule has 2 rings (SSSR count). The monoisotopic (exact) mass is 263 g/mol. The van der Waals surface area contributed by atoms with E-state index in [0.29, 0.717) is 17.3 Å². The molecule has 0 saturated heterocycles. The van der Waals surface area contributed by atoms with Crippen molar-refractivity contribution in [3.8, 4) is 5.75 Å². The fourth-order valence-electron chi connectivity index (χ4n) is 1.54. The largest absolute Gasteiger partial charge is 0.483 e. The molecule has 0 saturated carbocycles. The molecule has 1 heterocycles. The summed E-state index contributed by atoms with van der Waals surface area (Å²) in [6, 6.07) is 5.52. The van der Waals surface area contributed by atoms with Gasteiger partial charge in [-0.25, -0.2) is 0 Å². The molecule has 0 aliphatic heterocycles. The SMILES string of the molecule is CC(Oc1ccc(CN)cc1Cl)c1cnccn1. The van der Waals surface area contributed by atoms with Gasteiger partial charge in [0.05, 0.1) is 16.9 Å². The van der Waals surface area contributed by atoms with Crippen LogP contribution in [0, 0.1) is 0 Å². The molecular formula is C13H14ClN3O. The Morgan fingerprint density at radius 1 is 1.39 bits per heavy atom. The zero-order valence-corrected chi connectivity index (χ0v) is 10.8. The van der Waals surface area contributed by atoms with E-state index < -0.39 is 0 Å². The van der Waals surface area contributed by atoms with Crippen molar-refractivity contribution in [2.24, 2.45) is 5.73 Å². The number of nitrogens with zero attached hydrogens (tertiary/aromatic N) is 2. The minimum absolute atomic E-state index is 0.208. The zero-order chi connectivity index (χ0) is 13.0. The van der Waals surface area contributed by atoms with Crippen molar-refractivity contribution in [3.05, 3.63) is 53.1 Å². The summed E-state index contributed by atoms with van der Waals surface area (Å²) in [6.45, 7) is 2.36. The number of hydrogen-bond acceptors (Lipinski definition) is 4. The van der Waals surface area contributed by atoms with Crippen LogP contribution in [0.3, 0.4) is 0 Å². The molecular weight excluding hydrogens is 250 g/mol. The molecule has 0 radical (unpaired) electrons.